The lowest BCUT2D eigenvalue weighted by Gasteiger charge is -2.15. The van der Waals surface area contributed by atoms with E-state index >= 15 is 0 Å². The maximum atomic E-state index is 11.9. The minimum Gasteiger partial charge on any atom is -0.449 e. The molecule has 1 unspecified atom stereocenters. The molecular weight excluding hydrogens is 354 g/mol. The van der Waals surface area contributed by atoms with E-state index in [0.29, 0.717) is 0 Å². The van der Waals surface area contributed by atoms with Crippen molar-refractivity contribution in [3.63, 3.8) is 0 Å². The number of hydrogen-bond acceptors (Lipinski definition) is 5. The van der Waals surface area contributed by atoms with Crippen LogP contribution in [0.4, 0.5) is 4.79 Å². The lowest BCUT2D eigenvalue weighted by molar-refractivity contribution is 0.132. The Balaban J connectivity index is 1.61. The maximum Gasteiger partial charge on any atom is 0.407 e. The van der Waals surface area contributed by atoms with Crippen molar-refractivity contribution in [2.45, 2.75) is 12.0 Å². The summed E-state index contributed by atoms with van der Waals surface area (Å²) in [5.74, 6) is -0.453. The molecule has 2 aromatic rings. The van der Waals surface area contributed by atoms with Gasteiger partial charge >= 0.3 is 6.09 Å². The van der Waals surface area contributed by atoms with E-state index in [2.05, 4.69) is 17.4 Å². The number of carbonyl (C=O) groups is 1. The topological polar surface area (TPSA) is 92.7 Å². The predicted molar refractivity (Wildman–Crippen MR) is 98.8 cm³/mol. The monoisotopic (exact) mass is 375 g/mol. The van der Waals surface area contributed by atoms with Crippen LogP contribution < -0.4 is 5.32 Å². The van der Waals surface area contributed by atoms with Crippen molar-refractivity contribution in [1.82, 2.24) is 5.32 Å². The molecule has 0 saturated carbocycles. The molecule has 0 aliphatic heterocycles. The first kappa shape index (κ1) is 18.4. The van der Waals surface area contributed by atoms with Crippen molar-refractivity contribution < 1.29 is 23.1 Å². The van der Waals surface area contributed by atoms with Crippen LogP contribution >= 0.6 is 0 Å². The van der Waals surface area contributed by atoms with Gasteiger partial charge in [0.25, 0.3) is 0 Å². The Morgan fingerprint density at radius 3 is 2.19 bits per heavy atom. The third-order valence-electron chi connectivity index (χ3n) is 4.32. The molecule has 0 aromatic heterocycles. The van der Waals surface area contributed by atoms with Gasteiger partial charge in [-0.15, -0.1) is 0 Å². The van der Waals surface area contributed by atoms with Crippen LogP contribution in [0.3, 0.4) is 0 Å². The molecule has 3 rings (SSSR count). The highest BCUT2D eigenvalue weighted by atomic mass is 32.2. The number of rotatable bonds is 6. The van der Waals surface area contributed by atoms with E-state index in [1.54, 1.807) is 0 Å². The third-order valence-corrected chi connectivity index (χ3v) is 5.31. The molecule has 6 nitrogen and oxygen atoms in total. The van der Waals surface area contributed by atoms with E-state index in [1.165, 1.54) is 0 Å². The van der Waals surface area contributed by atoms with Gasteiger partial charge in [0.15, 0.2) is 0 Å². The number of alkyl carbamates (subject to hydrolysis) is 1. The van der Waals surface area contributed by atoms with Gasteiger partial charge in [-0.3, -0.25) is 0 Å². The molecule has 26 heavy (non-hydrogen) atoms. The van der Waals surface area contributed by atoms with Crippen molar-refractivity contribution in [1.29, 1.82) is 0 Å². The van der Waals surface area contributed by atoms with Crippen LogP contribution in [0.25, 0.3) is 11.1 Å². The van der Waals surface area contributed by atoms with Gasteiger partial charge in [-0.05, 0) is 22.3 Å². The fourth-order valence-electron chi connectivity index (χ4n) is 3.26. The Labute approximate surface area is 152 Å². The third kappa shape index (κ3) is 4.23. The van der Waals surface area contributed by atoms with E-state index in [4.69, 9.17) is 4.74 Å². The van der Waals surface area contributed by atoms with Crippen LogP contribution in [0.1, 0.15) is 17.0 Å². The number of sulfone groups is 1. The zero-order valence-corrected chi connectivity index (χ0v) is 15.2. The van der Waals surface area contributed by atoms with Crippen LogP contribution in [0.2, 0.25) is 0 Å². The van der Waals surface area contributed by atoms with Crippen molar-refractivity contribution >= 4 is 15.9 Å². The zero-order chi connectivity index (χ0) is 18.7. The predicted octanol–water partition coefficient (Wildman–Crippen LogP) is 1.93. The lowest BCUT2D eigenvalue weighted by Crippen LogP contribution is -2.36. The number of benzene rings is 2. The molecule has 0 heterocycles. The summed E-state index contributed by atoms with van der Waals surface area (Å²) < 4.78 is 27.5. The van der Waals surface area contributed by atoms with Crippen LogP contribution in [0.5, 0.6) is 0 Å². The number of hydrogen-bond donors (Lipinski definition) is 2. The molecule has 138 valence electrons. The van der Waals surface area contributed by atoms with Gasteiger partial charge in [-0.1, -0.05) is 48.5 Å². The molecule has 7 heteroatoms. The SMILES string of the molecule is CS(=O)(=O)CC(O)CNC(=O)OCC1c2ccccc2-c2ccccc21. The molecule has 0 fully saturated rings. The minimum atomic E-state index is -3.31. The van der Waals surface area contributed by atoms with E-state index in [1.807, 2.05) is 36.4 Å². The normalized spacial score (nSPS) is 14.4. The number of amides is 1. The molecule has 2 aromatic carbocycles. The number of fused-ring (bicyclic) bond motifs is 3. The first-order chi connectivity index (χ1) is 12.3. The molecule has 1 aliphatic rings. The molecule has 0 spiro atoms. The van der Waals surface area contributed by atoms with E-state index in [9.17, 15) is 18.3 Å². The van der Waals surface area contributed by atoms with E-state index < -0.39 is 27.8 Å². The fraction of sp³-hybridized carbons (Fsp3) is 0.316. The number of aliphatic hydroxyl groups is 1. The smallest absolute Gasteiger partial charge is 0.407 e. The summed E-state index contributed by atoms with van der Waals surface area (Å²) in [5.41, 5.74) is 4.50. The maximum absolute atomic E-state index is 11.9. The zero-order valence-electron chi connectivity index (χ0n) is 14.4. The quantitative estimate of drug-likeness (QED) is 0.805. The Hall–Kier alpha value is -2.38. The van der Waals surface area contributed by atoms with Gasteiger partial charge in [0, 0.05) is 18.7 Å². The van der Waals surface area contributed by atoms with Gasteiger partial charge in [0.05, 0.1) is 11.9 Å². The van der Waals surface area contributed by atoms with Crippen LogP contribution in [0, 0.1) is 0 Å². The van der Waals surface area contributed by atoms with Gasteiger partial charge in [-0.25, -0.2) is 13.2 Å². The lowest BCUT2D eigenvalue weighted by atomic mass is 9.98. The van der Waals surface area contributed by atoms with Crippen LogP contribution in [0.15, 0.2) is 48.5 Å². The van der Waals surface area contributed by atoms with Gasteiger partial charge < -0.3 is 15.2 Å². The Kier molecular flexibility index (Phi) is 5.29. The second-order valence-electron chi connectivity index (χ2n) is 6.45. The molecule has 0 saturated heterocycles. The Morgan fingerprint density at radius 1 is 1.12 bits per heavy atom. The van der Waals surface area contributed by atoms with Crippen molar-refractivity contribution in [2.75, 3.05) is 25.2 Å². The van der Waals surface area contributed by atoms with Gasteiger partial charge in [0.2, 0.25) is 0 Å². The summed E-state index contributed by atoms with van der Waals surface area (Å²) >= 11 is 0. The highest BCUT2D eigenvalue weighted by Crippen LogP contribution is 2.44. The largest absolute Gasteiger partial charge is 0.449 e. The molecule has 1 amide bonds. The summed E-state index contributed by atoms with van der Waals surface area (Å²) in [5, 5.41) is 12.0. The summed E-state index contributed by atoms with van der Waals surface area (Å²) in [6.07, 6.45) is -0.811. The number of carbonyl (C=O) groups excluding carboxylic acids is 1. The Morgan fingerprint density at radius 2 is 1.65 bits per heavy atom. The molecular formula is C19H21NO5S. The number of aliphatic hydroxyl groups excluding tert-OH is 1. The molecule has 0 radical (unpaired) electrons. The number of ether oxygens (including phenoxy) is 1. The van der Waals surface area contributed by atoms with Crippen molar-refractivity contribution in [3.8, 4) is 11.1 Å². The van der Waals surface area contributed by atoms with Gasteiger partial charge in [0.1, 0.15) is 16.4 Å². The molecule has 1 atom stereocenters. The van der Waals surface area contributed by atoms with Crippen molar-refractivity contribution in [3.05, 3.63) is 59.7 Å². The number of nitrogens with one attached hydrogen (secondary N) is 1. The summed E-state index contributed by atoms with van der Waals surface area (Å²) in [4.78, 5) is 11.9. The highest BCUT2D eigenvalue weighted by Gasteiger charge is 2.29. The van der Waals surface area contributed by atoms with Crippen LogP contribution in [-0.2, 0) is 14.6 Å². The summed E-state index contributed by atoms with van der Waals surface area (Å²) in [7, 11) is -3.31. The summed E-state index contributed by atoms with van der Waals surface area (Å²) in [6, 6.07) is 16.0. The summed E-state index contributed by atoms with van der Waals surface area (Å²) in [6.45, 7) is -0.00816. The standard InChI is InChI=1S/C19H21NO5S/c1-26(23,24)12-13(21)10-20-19(22)25-11-18-16-8-4-2-6-14(16)15-7-3-5-9-17(15)18/h2-9,13,18,21H,10-12H2,1H3,(H,20,22). The molecule has 0 bridgehead atoms. The second-order valence-corrected chi connectivity index (χ2v) is 8.64. The van der Waals surface area contributed by atoms with Crippen molar-refractivity contribution in [2.24, 2.45) is 0 Å². The molecule has 1 aliphatic carbocycles. The first-order valence-corrected chi connectivity index (χ1v) is 10.4. The van der Waals surface area contributed by atoms with E-state index in [-0.39, 0.29) is 19.1 Å². The highest BCUT2D eigenvalue weighted by molar-refractivity contribution is 7.90. The average molecular weight is 375 g/mol. The Bertz CT molecular complexity index is 864. The minimum absolute atomic E-state index is 0.0471. The first-order valence-electron chi connectivity index (χ1n) is 8.30. The van der Waals surface area contributed by atoms with E-state index in [0.717, 1.165) is 28.5 Å². The van der Waals surface area contributed by atoms with Gasteiger partial charge in [-0.2, -0.15) is 0 Å². The molecule has 2 N–H and O–H groups in total. The average Bonchev–Trinajstić information content (AvgIpc) is 2.91. The second kappa shape index (κ2) is 7.47. The van der Waals surface area contributed by atoms with Crippen LogP contribution in [-0.4, -0.2) is 50.9 Å². The fourth-order valence-corrected chi connectivity index (χ4v) is 4.08.